The highest BCUT2D eigenvalue weighted by molar-refractivity contribution is 5.77. The molecule has 0 saturated heterocycles. The van der Waals surface area contributed by atoms with Crippen LogP contribution >= 0.6 is 0 Å². The lowest BCUT2D eigenvalue weighted by Crippen LogP contribution is -2.23. The summed E-state index contributed by atoms with van der Waals surface area (Å²) in [6, 6.07) is 0. The topological polar surface area (TPSA) is 80.9 Å². The molecule has 0 aliphatic heterocycles. The average molecular weight is 218 g/mol. The molecule has 0 atom stereocenters. The predicted octanol–water partition coefficient (Wildman–Crippen LogP) is 0.475. The molecule has 1 N–H and O–H groups in total. The van der Waals surface area contributed by atoms with Crippen molar-refractivity contribution in [3.8, 4) is 0 Å². The number of alkyl halides is 2. The van der Waals surface area contributed by atoms with Gasteiger partial charge in [0.15, 0.2) is 0 Å². The molecule has 0 bridgehead atoms. The number of carboxylic acid groups (broad SMARTS) is 1. The summed E-state index contributed by atoms with van der Waals surface area (Å²) in [7, 11) is 0. The average Bonchev–Trinajstić information content (AvgIpc) is 2.77. The first-order valence-electron chi connectivity index (χ1n) is 4.33. The molecule has 0 spiro atoms. The van der Waals surface area contributed by atoms with Gasteiger partial charge in [-0.1, -0.05) is 0 Å². The van der Waals surface area contributed by atoms with Crippen molar-refractivity contribution in [2.24, 2.45) is 5.41 Å². The predicted molar refractivity (Wildman–Crippen MR) is 42.1 cm³/mol. The summed E-state index contributed by atoms with van der Waals surface area (Å²) < 4.78 is 25.6. The van der Waals surface area contributed by atoms with E-state index in [1.165, 1.54) is 0 Å². The minimum Gasteiger partial charge on any atom is -0.481 e. The smallest absolute Gasteiger partial charge is 0.311 e. The molecule has 1 fully saturated rings. The fourth-order valence-corrected chi connectivity index (χ4v) is 1.36. The van der Waals surface area contributed by atoms with Gasteiger partial charge in [-0.05, 0) is 23.3 Å². The second-order valence-corrected chi connectivity index (χ2v) is 3.58. The first-order valence-corrected chi connectivity index (χ1v) is 4.33. The van der Waals surface area contributed by atoms with Crippen molar-refractivity contribution in [1.29, 1.82) is 0 Å². The number of rotatable bonds is 4. The molecule has 1 aliphatic carbocycles. The van der Waals surface area contributed by atoms with E-state index in [-0.39, 0.29) is 6.54 Å². The zero-order valence-corrected chi connectivity index (χ0v) is 7.60. The van der Waals surface area contributed by atoms with Crippen molar-refractivity contribution >= 4 is 5.97 Å². The third-order valence-corrected chi connectivity index (χ3v) is 2.51. The van der Waals surface area contributed by atoms with Gasteiger partial charge in [0.1, 0.15) is 0 Å². The van der Waals surface area contributed by atoms with Crippen LogP contribution in [0.15, 0.2) is 0 Å². The Labute approximate surface area is 82.9 Å². The van der Waals surface area contributed by atoms with Crippen LogP contribution in [0, 0.1) is 5.41 Å². The fourth-order valence-electron chi connectivity index (χ4n) is 1.36. The van der Waals surface area contributed by atoms with Gasteiger partial charge in [0.2, 0.25) is 5.82 Å². The summed E-state index contributed by atoms with van der Waals surface area (Å²) in [5, 5.41) is 18.5. The second-order valence-electron chi connectivity index (χ2n) is 3.58. The van der Waals surface area contributed by atoms with Gasteiger partial charge in [-0.3, -0.25) is 4.79 Å². The number of tetrazole rings is 1. The van der Waals surface area contributed by atoms with Gasteiger partial charge in [-0.2, -0.15) is 0 Å². The molecule has 1 aromatic rings. The highest BCUT2D eigenvalue weighted by atomic mass is 19.3. The third-order valence-electron chi connectivity index (χ3n) is 2.51. The summed E-state index contributed by atoms with van der Waals surface area (Å²) in [4.78, 5) is 10.8. The monoisotopic (exact) mass is 218 g/mol. The number of carboxylic acids is 1. The van der Waals surface area contributed by atoms with Crippen LogP contribution < -0.4 is 0 Å². The quantitative estimate of drug-likeness (QED) is 0.794. The van der Waals surface area contributed by atoms with Crippen LogP contribution in [0.1, 0.15) is 25.1 Å². The van der Waals surface area contributed by atoms with E-state index in [0.29, 0.717) is 12.8 Å². The Hall–Kier alpha value is -1.60. The molecule has 8 heteroatoms. The SMILES string of the molecule is O=C(O)C1(Cn2nnnc2C(F)F)CC1. The normalized spacial score (nSPS) is 18.1. The van der Waals surface area contributed by atoms with E-state index in [2.05, 4.69) is 15.5 Å². The van der Waals surface area contributed by atoms with Crippen LogP contribution in [0.5, 0.6) is 0 Å². The Balaban J connectivity index is 2.18. The molecule has 0 amide bonds. The first kappa shape index (κ1) is 9.94. The van der Waals surface area contributed by atoms with Crippen LogP contribution in [0.2, 0.25) is 0 Å². The number of hydrogen-bond donors (Lipinski definition) is 1. The number of halogens is 2. The van der Waals surface area contributed by atoms with Crippen LogP contribution in [-0.2, 0) is 11.3 Å². The van der Waals surface area contributed by atoms with Crippen molar-refractivity contribution in [3.63, 3.8) is 0 Å². The summed E-state index contributed by atoms with van der Waals surface area (Å²) >= 11 is 0. The van der Waals surface area contributed by atoms with Gasteiger partial charge in [-0.15, -0.1) is 5.10 Å². The zero-order valence-electron chi connectivity index (χ0n) is 7.60. The van der Waals surface area contributed by atoms with Crippen molar-refractivity contribution in [3.05, 3.63) is 5.82 Å². The molecule has 6 nitrogen and oxygen atoms in total. The lowest BCUT2D eigenvalue weighted by Gasteiger charge is -2.09. The maximum atomic E-state index is 12.3. The molecular formula is C7H8F2N4O2. The fraction of sp³-hybridized carbons (Fsp3) is 0.714. The van der Waals surface area contributed by atoms with E-state index in [4.69, 9.17) is 5.11 Å². The molecule has 1 heterocycles. The van der Waals surface area contributed by atoms with Crippen molar-refractivity contribution in [2.45, 2.75) is 25.8 Å². The van der Waals surface area contributed by atoms with Gasteiger partial charge < -0.3 is 5.11 Å². The summed E-state index contributed by atoms with van der Waals surface area (Å²) in [6.45, 7) is -0.0883. The Morgan fingerprint density at radius 2 is 2.27 bits per heavy atom. The summed E-state index contributed by atoms with van der Waals surface area (Å²) in [5.74, 6) is -1.57. The van der Waals surface area contributed by atoms with Gasteiger partial charge in [0, 0.05) is 0 Å². The summed E-state index contributed by atoms with van der Waals surface area (Å²) in [6.07, 6.45) is -1.83. The van der Waals surface area contributed by atoms with E-state index in [9.17, 15) is 13.6 Å². The largest absolute Gasteiger partial charge is 0.481 e. The van der Waals surface area contributed by atoms with Crippen molar-refractivity contribution in [2.75, 3.05) is 0 Å². The molecule has 82 valence electrons. The number of hydrogen-bond acceptors (Lipinski definition) is 4. The van der Waals surface area contributed by atoms with Gasteiger partial charge in [0.25, 0.3) is 6.43 Å². The maximum absolute atomic E-state index is 12.3. The zero-order chi connectivity index (χ0) is 11.1. The molecule has 1 saturated carbocycles. The van der Waals surface area contributed by atoms with E-state index < -0.39 is 23.6 Å². The minimum atomic E-state index is -2.79. The van der Waals surface area contributed by atoms with Gasteiger partial charge >= 0.3 is 5.97 Å². The number of aromatic nitrogens is 4. The molecular weight excluding hydrogens is 210 g/mol. The van der Waals surface area contributed by atoms with Crippen LogP contribution in [-0.4, -0.2) is 31.3 Å². The van der Waals surface area contributed by atoms with E-state index >= 15 is 0 Å². The molecule has 0 aromatic carbocycles. The Bertz CT molecular complexity index is 388. The molecule has 1 aromatic heterocycles. The molecule has 2 rings (SSSR count). The lowest BCUT2D eigenvalue weighted by atomic mass is 10.1. The Morgan fingerprint density at radius 3 is 2.73 bits per heavy atom. The molecule has 1 aliphatic rings. The number of carbonyl (C=O) groups is 1. The van der Waals surface area contributed by atoms with E-state index in [1.807, 2.05) is 0 Å². The minimum absolute atomic E-state index is 0.0883. The Morgan fingerprint density at radius 1 is 1.60 bits per heavy atom. The second kappa shape index (κ2) is 3.21. The number of aliphatic carboxylic acids is 1. The van der Waals surface area contributed by atoms with E-state index in [0.717, 1.165) is 4.68 Å². The summed E-state index contributed by atoms with van der Waals surface area (Å²) in [5.41, 5.74) is -0.945. The Kier molecular flexibility index (Phi) is 2.13. The molecule has 0 radical (unpaired) electrons. The highest BCUT2D eigenvalue weighted by Gasteiger charge is 2.51. The van der Waals surface area contributed by atoms with Crippen LogP contribution in [0.4, 0.5) is 8.78 Å². The van der Waals surface area contributed by atoms with Crippen molar-refractivity contribution in [1.82, 2.24) is 20.2 Å². The highest BCUT2D eigenvalue weighted by Crippen LogP contribution is 2.47. The van der Waals surface area contributed by atoms with Crippen LogP contribution in [0.25, 0.3) is 0 Å². The number of nitrogens with zero attached hydrogens (tertiary/aromatic N) is 4. The van der Waals surface area contributed by atoms with Crippen molar-refractivity contribution < 1.29 is 18.7 Å². The van der Waals surface area contributed by atoms with E-state index in [1.54, 1.807) is 0 Å². The van der Waals surface area contributed by atoms with Crippen LogP contribution in [0.3, 0.4) is 0 Å². The molecule has 0 unspecified atom stereocenters. The van der Waals surface area contributed by atoms with Gasteiger partial charge in [-0.25, -0.2) is 13.5 Å². The standard InChI is InChI=1S/C7H8F2N4O2/c8-4(9)5-10-11-12-13(5)3-7(1-2-7)6(14)15/h4H,1-3H2,(H,14,15). The third kappa shape index (κ3) is 1.66. The van der Waals surface area contributed by atoms with Gasteiger partial charge in [0.05, 0.1) is 12.0 Å². The molecule has 15 heavy (non-hydrogen) atoms. The lowest BCUT2D eigenvalue weighted by molar-refractivity contribution is -0.144. The maximum Gasteiger partial charge on any atom is 0.311 e. The first-order chi connectivity index (χ1) is 7.05.